The van der Waals surface area contributed by atoms with Crippen molar-refractivity contribution >= 4 is 16.9 Å². The molecule has 1 aliphatic heterocycles. The van der Waals surface area contributed by atoms with Crippen molar-refractivity contribution in [2.24, 2.45) is 0 Å². The number of amides is 1. The maximum Gasteiger partial charge on any atom is 0.340 e. The Bertz CT molecular complexity index is 1150. The topological polar surface area (TPSA) is 82.8 Å². The second-order valence-electron chi connectivity index (χ2n) is 8.43. The molecule has 0 aliphatic carbocycles. The molecule has 0 spiro atoms. The van der Waals surface area contributed by atoms with Crippen molar-refractivity contribution in [2.45, 2.75) is 45.7 Å². The molecule has 2 N–H and O–H groups in total. The molecule has 1 fully saturated rings. The minimum absolute atomic E-state index is 0.0539. The fourth-order valence-corrected chi connectivity index (χ4v) is 4.38. The van der Waals surface area contributed by atoms with Gasteiger partial charge in [-0.05, 0) is 55.5 Å². The molecular weight excluding hydrogens is 392 g/mol. The molecule has 3 aromatic rings. The van der Waals surface area contributed by atoms with Gasteiger partial charge in [0.15, 0.2) is 0 Å². The highest BCUT2D eigenvalue weighted by atomic mass is 16.4. The highest BCUT2D eigenvalue weighted by Gasteiger charge is 2.23. The molecule has 0 radical (unpaired) electrons. The summed E-state index contributed by atoms with van der Waals surface area (Å²) in [6.45, 7) is 6.33. The molecule has 2 heterocycles. The van der Waals surface area contributed by atoms with Crippen LogP contribution in [0.1, 0.15) is 35.1 Å². The lowest BCUT2D eigenvalue weighted by Gasteiger charge is -2.32. The van der Waals surface area contributed by atoms with Crippen molar-refractivity contribution in [3.05, 3.63) is 75.1 Å². The molecule has 1 saturated heterocycles. The Hall–Kier alpha value is -3.12. The lowest BCUT2D eigenvalue weighted by molar-refractivity contribution is -0.121. The number of nitrogens with zero attached hydrogens (tertiary/aromatic N) is 1. The van der Waals surface area contributed by atoms with E-state index in [9.17, 15) is 14.7 Å². The minimum Gasteiger partial charge on any atom is -0.507 e. The first-order chi connectivity index (χ1) is 14.9. The summed E-state index contributed by atoms with van der Waals surface area (Å²) in [7, 11) is 0. The van der Waals surface area contributed by atoms with E-state index in [1.54, 1.807) is 19.1 Å². The lowest BCUT2D eigenvalue weighted by Crippen LogP contribution is -2.45. The third-order valence-corrected chi connectivity index (χ3v) is 6.04. The average Bonchev–Trinajstić information content (AvgIpc) is 2.72. The molecule has 6 nitrogen and oxygen atoms in total. The summed E-state index contributed by atoms with van der Waals surface area (Å²) >= 11 is 0. The Morgan fingerprint density at radius 2 is 1.87 bits per heavy atom. The number of aromatic hydroxyl groups is 1. The molecule has 1 amide bonds. The monoisotopic (exact) mass is 420 g/mol. The predicted molar refractivity (Wildman–Crippen MR) is 120 cm³/mol. The van der Waals surface area contributed by atoms with Crippen molar-refractivity contribution in [1.29, 1.82) is 0 Å². The van der Waals surface area contributed by atoms with E-state index in [1.165, 1.54) is 5.56 Å². The van der Waals surface area contributed by atoms with Gasteiger partial charge in [-0.25, -0.2) is 4.79 Å². The van der Waals surface area contributed by atoms with E-state index >= 15 is 0 Å². The Morgan fingerprint density at radius 3 is 2.58 bits per heavy atom. The highest BCUT2D eigenvalue weighted by Crippen LogP contribution is 2.30. The highest BCUT2D eigenvalue weighted by molar-refractivity contribution is 5.89. The van der Waals surface area contributed by atoms with E-state index in [-0.39, 0.29) is 24.1 Å². The number of likely N-dealkylation sites (tertiary alicyclic amines) is 1. The smallest absolute Gasteiger partial charge is 0.340 e. The van der Waals surface area contributed by atoms with Gasteiger partial charge >= 0.3 is 5.63 Å². The summed E-state index contributed by atoms with van der Waals surface area (Å²) in [6.07, 6.45) is 1.70. The fourth-order valence-electron chi connectivity index (χ4n) is 4.38. The number of nitrogens with one attached hydrogen (secondary N) is 1. The molecular formula is C25H28N2O4. The number of carbonyl (C=O) groups excluding carboxylic acids is 1. The molecule has 1 aromatic heterocycles. The van der Waals surface area contributed by atoms with E-state index < -0.39 is 5.63 Å². The number of carbonyl (C=O) groups is 1. The normalized spacial score (nSPS) is 15.3. The number of phenols is 1. The van der Waals surface area contributed by atoms with Gasteiger partial charge in [-0.3, -0.25) is 9.69 Å². The summed E-state index contributed by atoms with van der Waals surface area (Å²) in [4.78, 5) is 27.5. The Kier molecular flexibility index (Phi) is 6.09. The van der Waals surface area contributed by atoms with Crippen molar-refractivity contribution in [1.82, 2.24) is 10.2 Å². The Balaban J connectivity index is 1.38. The number of fused-ring (bicyclic) bond motifs is 1. The average molecular weight is 421 g/mol. The summed E-state index contributed by atoms with van der Waals surface area (Å²) in [5.41, 5.74) is 2.80. The second-order valence-corrected chi connectivity index (χ2v) is 8.43. The van der Waals surface area contributed by atoms with Crippen LogP contribution in [0.5, 0.6) is 5.75 Å². The van der Waals surface area contributed by atoms with Gasteiger partial charge in [-0.1, -0.05) is 30.3 Å². The van der Waals surface area contributed by atoms with Crippen molar-refractivity contribution in [3.63, 3.8) is 0 Å². The van der Waals surface area contributed by atoms with Crippen LogP contribution in [0, 0.1) is 13.8 Å². The van der Waals surface area contributed by atoms with Crippen molar-refractivity contribution in [2.75, 3.05) is 13.1 Å². The van der Waals surface area contributed by atoms with Crippen LogP contribution >= 0.6 is 0 Å². The molecule has 1 aliphatic rings. The number of phenolic OH excluding ortho intramolecular Hbond substituents is 1. The van der Waals surface area contributed by atoms with Crippen LogP contribution in [0.25, 0.3) is 11.0 Å². The largest absolute Gasteiger partial charge is 0.507 e. The van der Waals surface area contributed by atoms with Gasteiger partial charge in [0, 0.05) is 25.7 Å². The lowest BCUT2D eigenvalue weighted by atomic mass is 10.0. The molecule has 0 unspecified atom stereocenters. The predicted octanol–water partition coefficient (Wildman–Crippen LogP) is 3.44. The third-order valence-electron chi connectivity index (χ3n) is 6.04. The van der Waals surface area contributed by atoms with Crippen LogP contribution in [0.4, 0.5) is 0 Å². The van der Waals surface area contributed by atoms with Crippen LogP contribution in [-0.4, -0.2) is 35.0 Å². The van der Waals surface area contributed by atoms with Gasteiger partial charge < -0.3 is 14.8 Å². The van der Waals surface area contributed by atoms with Crippen LogP contribution in [-0.2, 0) is 17.8 Å². The van der Waals surface area contributed by atoms with Gasteiger partial charge in [-0.2, -0.15) is 0 Å². The minimum atomic E-state index is -0.525. The molecule has 162 valence electrons. The first-order valence-electron chi connectivity index (χ1n) is 10.7. The molecule has 0 bridgehead atoms. The van der Waals surface area contributed by atoms with E-state index in [4.69, 9.17) is 4.42 Å². The Labute approximate surface area is 181 Å². The fraction of sp³-hybridized carbons (Fsp3) is 0.360. The van der Waals surface area contributed by atoms with Gasteiger partial charge in [0.1, 0.15) is 11.3 Å². The van der Waals surface area contributed by atoms with E-state index in [0.717, 1.165) is 38.0 Å². The van der Waals surface area contributed by atoms with Gasteiger partial charge in [0.25, 0.3) is 0 Å². The SMILES string of the molecule is Cc1cc(O)c2c(C)c(CC(=O)NC3CCN(Cc4ccccc4)CC3)c(=O)oc2c1. The first kappa shape index (κ1) is 21.1. The number of hydrogen-bond donors (Lipinski definition) is 2. The third kappa shape index (κ3) is 4.80. The van der Waals surface area contributed by atoms with Crippen LogP contribution in [0.3, 0.4) is 0 Å². The second kappa shape index (κ2) is 8.94. The zero-order chi connectivity index (χ0) is 22.0. The molecule has 6 heteroatoms. The van der Waals surface area contributed by atoms with Gasteiger partial charge in [0.05, 0.1) is 17.4 Å². The van der Waals surface area contributed by atoms with E-state index in [1.807, 2.05) is 13.0 Å². The van der Waals surface area contributed by atoms with E-state index in [2.05, 4.69) is 34.5 Å². The zero-order valence-corrected chi connectivity index (χ0v) is 18.0. The maximum atomic E-state index is 12.7. The van der Waals surface area contributed by atoms with Crippen LogP contribution < -0.4 is 10.9 Å². The van der Waals surface area contributed by atoms with E-state index in [0.29, 0.717) is 22.1 Å². The molecule has 2 aromatic carbocycles. The summed E-state index contributed by atoms with van der Waals surface area (Å²) in [6, 6.07) is 13.8. The number of aryl methyl sites for hydroxylation is 2. The van der Waals surface area contributed by atoms with Crippen molar-refractivity contribution < 1.29 is 14.3 Å². The standard InChI is InChI=1S/C25H28N2O4/c1-16-12-21(28)24-17(2)20(25(30)31-22(24)13-16)14-23(29)26-19-8-10-27(11-9-19)15-18-6-4-3-5-7-18/h3-7,12-13,19,28H,8-11,14-15H2,1-2H3,(H,26,29). The number of hydrogen-bond acceptors (Lipinski definition) is 5. The molecule has 0 atom stereocenters. The molecule has 0 saturated carbocycles. The first-order valence-corrected chi connectivity index (χ1v) is 10.7. The number of rotatable bonds is 5. The molecule has 4 rings (SSSR count). The number of piperidine rings is 1. The summed E-state index contributed by atoms with van der Waals surface area (Å²) in [5, 5.41) is 13.9. The van der Waals surface area contributed by atoms with Crippen LogP contribution in [0.2, 0.25) is 0 Å². The Morgan fingerprint density at radius 1 is 1.16 bits per heavy atom. The zero-order valence-electron chi connectivity index (χ0n) is 18.0. The maximum absolute atomic E-state index is 12.7. The van der Waals surface area contributed by atoms with Gasteiger partial charge in [-0.15, -0.1) is 0 Å². The number of benzene rings is 2. The van der Waals surface area contributed by atoms with Gasteiger partial charge in [0.2, 0.25) is 5.91 Å². The summed E-state index contributed by atoms with van der Waals surface area (Å²) < 4.78 is 5.39. The van der Waals surface area contributed by atoms with Crippen molar-refractivity contribution in [3.8, 4) is 5.75 Å². The molecule has 31 heavy (non-hydrogen) atoms. The quantitative estimate of drug-likeness (QED) is 0.618. The van der Waals surface area contributed by atoms with Crippen LogP contribution in [0.15, 0.2) is 51.7 Å². The summed E-state index contributed by atoms with van der Waals surface area (Å²) in [5.74, 6) is -0.133.